The summed E-state index contributed by atoms with van der Waals surface area (Å²) in [7, 11) is 1.41. The van der Waals surface area contributed by atoms with Gasteiger partial charge in [-0.1, -0.05) is 0 Å². The SMILES string of the molecule is COC[C@]1(O)C[C@@H](C(=O)O)N(C(=O)OC(C)(C)C)C1. The van der Waals surface area contributed by atoms with Crippen LogP contribution in [0.1, 0.15) is 27.2 Å². The molecule has 0 saturated carbocycles. The van der Waals surface area contributed by atoms with Gasteiger partial charge in [-0.3, -0.25) is 4.90 Å². The topological polar surface area (TPSA) is 96.3 Å². The average Bonchev–Trinajstić information content (AvgIpc) is 2.54. The van der Waals surface area contributed by atoms with Crippen LogP contribution in [-0.2, 0) is 14.3 Å². The number of carboxylic acids is 1. The zero-order chi connectivity index (χ0) is 14.8. The highest BCUT2D eigenvalue weighted by Gasteiger charge is 2.49. The molecule has 2 N–H and O–H groups in total. The number of aliphatic hydroxyl groups is 1. The summed E-state index contributed by atoms with van der Waals surface area (Å²) < 4.78 is 10.0. The number of amides is 1. The molecule has 1 aliphatic heterocycles. The minimum Gasteiger partial charge on any atom is -0.480 e. The molecule has 0 aliphatic carbocycles. The van der Waals surface area contributed by atoms with Crippen LogP contribution in [0.15, 0.2) is 0 Å². The van der Waals surface area contributed by atoms with Crippen molar-refractivity contribution in [1.29, 1.82) is 0 Å². The second kappa shape index (κ2) is 5.34. The van der Waals surface area contributed by atoms with Crippen molar-refractivity contribution in [3.05, 3.63) is 0 Å². The number of carbonyl (C=O) groups excluding carboxylic acids is 1. The van der Waals surface area contributed by atoms with Gasteiger partial charge in [0, 0.05) is 13.5 Å². The summed E-state index contributed by atoms with van der Waals surface area (Å²) in [4.78, 5) is 24.2. The lowest BCUT2D eigenvalue weighted by Gasteiger charge is -2.27. The third kappa shape index (κ3) is 4.07. The Morgan fingerprint density at radius 2 is 2.00 bits per heavy atom. The number of rotatable bonds is 3. The van der Waals surface area contributed by atoms with Gasteiger partial charge in [0.15, 0.2) is 0 Å². The number of carboxylic acid groups (broad SMARTS) is 1. The van der Waals surface area contributed by atoms with Crippen LogP contribution in [-0.4, -0.2) is 64.7 Å². The quantitative estimate of drug-likeness (QED) is 0.776. The van der Waals surface area contributed by atoms with Crippen molar-refractivity contribution in [1.82, 2.24) is 4.90 Å². The molecule has 0 radical (unpaired) electrons. The van der Waals surface area contributed by atoms with E-state index in [0.717, 1.165) is 4.90 Å². The van der Waals surface area contributed by atoms with Gasteiger partial charge in [0.05, 0.1) is 13.2 Å². The van der Waals surface area contributed by atoms with E-state index in [2.05, 4.69) is 0 Å². The van der Waals surface area contributed by atoms with Gasteiger partial charge in [-0.05, 0) is 20.8 Å². The van der Waals surface area contributed by atoms with Crippen LogP contribution >= 0.6 is 0 Å². The van der Waals surface area contributed by atoms with Crippen LogP contribution in [0.4, 0.5) is 4.79 Å². The monoisotopic (exact) mass is 275 g/mol. The third-order valence-corrected chi connectivity index (χ3v) is 2.74. The number of aliphatic carboxylic acids is 1. The summed E-state index contributed by atoms with van der Waals surface area (Å²) in [5.74, 6) is -1.17. The molecule has 0 unspecified atom stereocenters. The second-order valence-corrected chi connectivity index (χ2v) is 5.82. The van der Waals surface area contributed by atoms with Crippen LogP contribution in [0.2, 0.25) is 0 Å². The van der Waals surface area contributed by atoms with Crippen molar-refractivity contribution < 1.29 is 29.3 Å². The molecule has 19 heavy (non-hydrogen) atoms. The first-order chi connectivity index (χ1) is 8.58. The van der Waals surface area contributed by atoms with E-state index in [4.69, 9.17) is 14.6 Å². The predicted octanol–water partition coefficient (Wildman–Crippen LogP) is 0.458. The van der Waals surface area contributed by atoms with Gasteiger partial charge in [0.2, 0.25) is 0 Å². The van der Waals surface area contributed by atoms with Gasteiger partial charge in [0.25, 0.3) is 0 Å². The molecule has 1 fully saturated rings. The van der Waals surface area contributed by atoms with E-state index in [0.29, 0.717) is 0 Å². The van der Waals surface area contributed by atoms with E-state index in [9.17, 15) is 14.7 Å². The fourth-order valence-electron chi connectivity index (χ4n) is 2.07. The van der Waals surface area contributed by atoms with Crippen LogP contribution in [0.3, 0.4) is 0 Å². The van der Waals surface area contributed by atoms with Crippen LogP contribution < -0.4 is 0 Å². The first kappa shape index (κ1) is 15.7. The third-order valence-electron chi connectivity index (χ3n) is 2.74. The number of nitrogens with zero attached hydrogens (tertiary/aromatic N) is 1. The van der Waals surface area contributed by atoms with Crippen LogP contribution in [0.25, 0.3) is 0 Å². The molecule has 1 heterocycles. The highest BCUT2D eigenvalue weighted by atomic mass is 16.6. The maximum Gasteiger partial charge on any atom is 0.411 e. The minimum absolute atomic E-state index is 0.0317. The van der Waals surface area contributed by atoms with E-state index in [1.54, 1.807) is 20.8 Å². The van der Waals surface area contributed by atoms with Crippen molar-refractivity contribution in [3.63, 3.8) is 0 Å². The second-order valence-electron chi connectivity index (χ2n) is 5.82. The maximum absolute atomic E-state index is 12.0. The molecule has 1 amide bonds. The normalized spacial score (nSPS) is 27.4. The molecule has 0 spiro atoms. The van der Waals surface area contributed by atoms with E-state index < -0.39 is 29.3 Å². The molecule has 0 bridgehead atoms. The first-order valence-corrected chi connectivity index (χ1v) is 6.02. The zero-order valence-electron chi connectivity index (χ0n) is 11.7. The Labute approximate surface area is 112 Å². The molecule has 7 heteroatoms. The summed E-state index contributed by atoms with van der Waals surface area (Å²) in [5.41, 5.74) is -2.07. The Hall–Kier alpha value is -1.34. The molecule has 0 aromatic heterocycles. The van der Waals surface area contributed by atoms with Crippen LogP contribution in [0, 0.1) is 0 Å². The van der Waals surface area contributed by atoms with Gasteiger partial charge < -0.3 is 19.7 Å². The Morgan fingerprint density at radius 3 is 2.42 bits per heavy atom. The molecule has 2 atom stereocenters. The van der Waals surface area contributed by atoms with Crippen LogP contribution in [0.5, 0.6) is 0 Å². The number of hydrogen-bond donors (Lipinski definition) is 2. The van der Waals surface area contributed by atoms with Gasteiger partial charge in [-0.25, -0.2) is 9.59 Å². The lowest BCUT2D eigenvalue weighted by molar-refractivity contribution is -0.142. The summed E-state index contributed by atoms with van der Waals surface area (Å²) >= 11 is 0. The van der Waals surface area contributed by atoms with E-state index >= 15 is 0 Å². The number of carbonyl (C=O) groups is 2. The Morgan fingerprint density at radius 1 is 1.42 bits per heavy atom. The Bertz CT molecular complexity index is 364. The minimum atomic E-state index is -1.35. The van der Waals surface area contributed by atoms with E-state index in [1.807, 2.05) is 0 Å². The largest absolute Gasteiger partial charge is 0.480 e. The molecule has 1 aliphatic rings. The van der Waals surface area contributed by atoms with Crippen molar-refractivity contribution in [3.8, 4) is 0 Å². The highest BCUT2D eigenvalue weighted by molar-refractivity contribution is 5.81. The molecule has 110 valence electrons. The zero-order valence-corrected chi connectivity index (χ0v) is 11.7. The Kier molecular flexibility index (Phi) is 4.42. The summed E-state index contributed by atoms with van der Waals surface area (Å²) in [5, 5.41) is 19.3. The standard InChI is InChI=1S/C12H21NO6/c1-11(2,3)19-10(16)13-6-12(17,7-18-4)5-8(13)9(14)15/h8,17H,5-7H2,1-4H3,(H,14,15)/t8-,12-/m0/s1. The van der Waals surface area contributed by atoms with Gasteiger partial charge >= 0.3 is 12.1 Å². The summed E-state index contributed by atoms with van der Waals surface area (Å²) in [6.07, 6.45) is -0.818. The molecule has 0 aromatic rings. The molecule has 7 nitrogen and oxygen atoms in total. The van der Waals surface area contributed by atoms with E-state index in [-0.39, 0.29) is 19.6 Å². The molecular weight excluding hydrogens is 254 g/mol. The average molecular weight is 275 g/mol. The lowest BCUT2D eigenvalue weighted by Crippen LogP contribution is -2.44. The van der Waals surface area contributed by atoms with Gasteiger partial charge in [-0.2, -0.15) is 0 Å². The Balaban J connectivity index is 2.85. The fourth-order valence-corrected chi connectivity index (χ4v) is 2.07. The molecule has 1 saturated heterocycles. The summed E-state index contributed by atoms with van der Waals surface area (Å²) in [6.45, 7) is 4.93. The van der Waals surface area contributed by atoms with E-state index in [1.165, 1.54) is 7.11 Å². The lowest BCUT2D eigenvalue weighted by atomic mass is 10.0. The van der Waals surface area contributed by atoms with Crippen molar-refractivity contribution in [2.45, 2.75) is 44.4 Å². The molecular formula is C12H21NO6. The molecule has 1 rings (SSSR count). The number of β-amino-alcohol motifs (C(OH)–C–C–N with tert-alkyl or cyclic N) is 1. The number of hydrogen-bond acceptors (Lipinski definition) is 5. The molecule has 0 aromatic carbocycles. The maximum atomic E-state index is 12.0. The first-order valence-electron chi connectivity index (χ1n) is 6.02. The smallest absolute Gasteiger partial charge is 0.411 e. The van der Waals surface area contributed by atoms with Gasteiger partial charge in [0.1, 0.15) is 17.2 Å². The number of ether oxygens (including phenoxy) is 2. The van der Waals surface area contributed by atoms with Crippen molar-refractivity contribution in [2.24, 2.45) is 0 Å². The fraction of sp³-hybridized carbons (Fsp3) is 0.833. The number of likely N-dealkylation sites (tertiary alicyclic amines) is 1. The van der Waals surface area contributed by atoms with Crippen molar-refractivity contribution >= 4 is 12.1 Å². The van der Waals surface area contributed by atoms with Gasteiger partial charge in [-0.15, -0.1) is 0 Å². The summed E-state index contributed by atoms with van der Waals surface area (Å²) in [6, 6.07) is -1.10. The van der Waals surface area contributed by atoms with Crippen molar-refractivity contribution in [2.75, 3.05) is 20.3 Å². The highest BCUT2D eigenvalue weighted by Crippen LogP contribution is 2.29. The predicted molar refractivity (Wildman–Crippen MR) is 65.8 cm³/mol. The number of methoxy groups -OCH3 is 1.